The number of benzene rings is 2. The third-order valence-electron chi connectivity index (χ3n) is 2.95. The second-order valence-electron chi connectivity index (χ2n) is 4.85. The highest BCUT2D eigenvalue weighted by Gasteiger charge is 2.11. The molecular weight excluding hydrogens is 361 g/mol. The number of aryl methyl sites for hydroxylation is 2. The van der Waals surface area contributed by atoms with Crippen LogP contribution in [0.1, 0.15) is 11.1 Å². The first-order chi connectivity index (χ1) is 10.4. The standard InChI is InChI=1S/C16H14Cl3NOS/c1-9-5-10(2)16(13(19)6-9)20-15(21)8-22-14-7-11(17)3-4-12(14)18/h3-7H,8H2,1-2H3,(H,20,21). The van der Waals surface area contributed by atoms with Gasteiger partial charge in [-0.1, -0.05) is 40.9 Å². The second-order valence-corrected chi connectivity index (χ2v) is 7.12. The molecule has 2 aromatic rings. The van der Waals surface area contributed by atoms with E-state index in [0.29, 0.717) is 20.8 Å². The van der Waals surface area contributed by atoms with Crippen molar-refractivity contribution in [3.8, 4) is 0 Å². The molecule has 0 heterocycles. The minimum atomic E-state index is -0.144. The average molecular weight is 375 g/mol. The molecule has 1 amide bonds. The maximum absolute atomic E-state index is 12.1. The van der Waals surface area contributed by atoms with Gasteiger partial charge in [0.25, 0.3) is 0 Å². The molecule has 0 saturated heterocycles. The first-order valence-corrected chi connectivity index (χ1v) is 8.63. The van der Waals surface area contributed by atoms with Gasteiger partial charge in [-0.3, -0.25) is 4.79 Å². The van der Waals surface area contributed by atoms with Crippen LogP contribution in [0.5, 0.6) is 0 Å². The van der Waals surface area contributed by atoms with Crippen LogP contribution in [0.3, 0.4) is 0 Å². The lowest BCUT2D eigenvalue weighted by Gasteiger charge is -2.11. The van der Waals surface area contributed by atoms with Gasteiger partial charge in [-0.25, -0.2) is 0 Å². The van der Waals surface area contributed by atoms with Gasteiger partial charge in [-0.05, 0) is 49.2 Å². The quantitative estimate of drug-likeness (QED) is 0.665. The van der Waals surface area contributed by atoms with Crippen LogP contribution in [-0.4, -0.2) is 11.7 Å². The van der Waals surface area contributed by atoms with Crippen molar-refractivity contribution in [1.29, 1.82) is 0 Å². The molecular formula is C16H14Cl3NOS. The number of halogens is 3. The van der Waals surface area contributed by atoms with Crippen molar-refractivity contribution in [3.05, 3.63) is 56.5 Å². The molecule has 0 aliphatic rings. The van der Waals surface area contributed by atoms with E-state index in [1.165, 1.54) is 11.8 Å². The Balaban J connectivity index is 2.03. The van der Waals surface area contributed by atoms with Crippen molar-refractivity contribution in [2.45, 2.75) is 18.7 Å². The lowest BCUT2D eigenvalue weighted by Crippen LogP contribution is -2.15. The summed E-state index contributed by atoms with van der Waals surface area (Å²) in [5.74, 6) is 0.0823. The Hall–Kier alpha value is -0.870. The molecule has 1 N–H and O–H groups in total. The molecule has 22 heavy (non-hydrogen) atoms. The minimum absolute atomic E-state index is 0.144. The van der Waals surface area contributed by atoms with Gasteiger partial charge in [0.05, 0.1) is 21.5 Å². The number of hydrogen-bond donors (Lipinski definition) is 1. The molecule has 0 aromatic heterocycles. The Morgan fingerprint density at radius 2 is 1.82 bits per heavy atom. The van der Waals surface area contributed by atoms with Gasteiger partial charge in [-0.2, -0.15) is 0 Å². The van der Waals surface area contributed by atoms with Crippen LogP contribution in [0.15, 0.2) is 35.2 Å². The van der Waals surface area contributed by atoms with Crippen LogP contribution in [-0.2, 0) is 4.79 Å². The summed E-state index contributed by atoms with van der Waals surface area (Å²) in [6.07, 6.45) is 0. The van der Waals surface area contributed by atoms with E-state index in [4.69, 9.17) is 34.8 Å². The first-order valence-electron chi connectivity index (χ1n) is 6.51. The summed E-state index contributed by atoms with van der Waals surface area (Å²) in [7, 11) is 0. The molecule has 2 nitrogen and oxygen atoms in total. The Morgan fingerprint density at radius 1 is 1.09 bits per heavy atom. The third-order valence-corrected chi connectivity index (χ3v) is 4.98. The zero-order valence-electron chi connectivity index (χ0n) is 12.0. The normalized spacial score (nSPS) is 10.6. The van der Waals surface area contributed by atoms with Crippen molar-refractivity contribution in [3.63, 3.8) is 0 Å². The molecule has 0 atom stereocenters. The molecule has 0 bridgehead atoms. The van der Waals surface area contributed by atoms with E-state index in [1.807, 2.05) is 26.0 Å². The summed E-state index contributed by atoms with van der Waals surface area (Å²) in [4.78, 5) is 12.9. The Bertz CT molecular complexity index is 696. The van der Waals surface area contributed by atoms with E-state index >= 15 is 0 Å². The van der Waals surface area contributed by atoms with E-state index in [-0.39, 0.29) is 11.7 Å². The van der Waals surface area contributed by atoms with E-state index in [9.17, 15) is 4.79 Å². The fourth-order valence-electron chi connectivity index (χ4n) is 1.98. The molecule has 6 heteroatoms. The molecule has 0 spiro atoms. The highest BCUT2D eigenvalue weighted by molar-refractivity contribution is 8.00. The minimum Gasteiger partial charge on any atom is -0.324 e. The van der Waals surface area contributed by atoms with Gasteiger partial charge >= 0.3 is 0 Å². The van der Waals surface area contributed by atoms with Gasteiger partial charge in [0.1, 0.15) is 0 Å². The van der Waals surface area contributed by atoms with E-state index in [2.05, 4.69) is 5.32 Å². The highest BCUT2D eigenvalue weighted by atomic mass is 35.5. The topological polar surface area (TPSA) is 29.1 Å². The molecule has 2 aromatic carbocycles. The van der Waals surface area contributed by atoms with Gasteiger partial charge in [-0.15, -0.1) is 11.8 Å². The van der Waals surface area contributed by atoms with E-state index in [1.54, 1.807) is 18.2 Å². The SMILES string of the molecule is Cc1cc(C)c(NC(=O)CSc2cc(Cl)ccc2Cl)c(Cl)c1. The maximum Gasteiger partial charge on any atom is 0.234 e. The molecule has 116 valence electrons. The predicted molar refractivity (Wildman–Crippen MR) is 96.7 cm³/mol. The Morgan fingerprint density at radius 3 is 2.50 bits per heavy atom. The van der Waals surface area contributed by atoms with Gasteiger partial charge in [0, 0.05) is 9.92 Å². The number of hydrogen-bond acceptors (Lipinski definition) is 2. The van der Waals surface area contributed by atoms with E-state index in [0.717, 1.165) is 16.0 Å². The van der Waals surface area contributed by atoms with Crippen molar-refractivity contribution >= 4 is 58.2 Å². The number of anilines is 1. The van der Waals surface area contributed by atoms with Gasteiger partial charge in [0.2, 0.25) is 5.91 Å². The van der Waals surface area contributed by atoms with Crippen LogP contribution in [0.4, 0.5) is 5.69 Å². The first kappa shape index (κ1) is 17.5. The summed E-state index contributed by atoms with van der Waals surface area (Å²) < 4.78 is 0. The summed E-state index contributed by atoms with van der Waals surface area (Å²) >= 11 is 19.5. The number of thioether (sulfide) groups is 1. The summed E-state index contributed by atoms with van der Waals surface area (Å²) in [6, 6.07) is 8.97. The van der Waals surface area contributed by atoms with Crippen molar-refractivity contribution in [1.82, 2.24) is 0 Å². The fraction of sp³-hybridized carbons (Fsp3) is 0.188. The summed E-state index contributed by atoms with van der Waals surface area (Å²) in [6.45, 7) is 3.87. The zero-order chi connectivity index (χ0) is 16.3. The molecule has 0 radical (unpaired) electrons. The van der Waals surface area contributed by atoms with Crippen molar-refractivity contribution < 1.29 is 4.79 Å². The van der Waals surface area contributed by atoms with Crippen LogP contribution < -0.4 is 5.32 Å². The van der Waals surface area contributed by atoms with Gasteiger partial charge < -0.3 is 5.32 Å². The Kier molecular flexibility index (Phi) is 6.04. The number of carbonyl (C=O) groups excluding carboxylic acids is 1. The second kappa shape index (κ2) is 7.60. The van der Waals surface area contributed by atoms with Crippen molar-refractivity contribution in [2.75, 3.05) is 11.1 Å². The smallest absolute Gasteiger partial charge is 0.234 e. The summed E-state index contributed by atoms with van der Waals surface area (Å²) in [5.41, 5.74) is 2.64. The van der Waals surface area contributed by atoms with Crippen LogP contribution in [0, 0.1) is 13.8 Å². The molecule has 0 aliphatic heterocycles. The zero-order valence-corrected chi connectivity index (χ0v) is 15.1. The van der Waals surface area contributed by atoms with Crippen molar-refractivity contribution in [2.24, 2.45) is 0 Å². The Labute approximate surface area is 149 Å². The lowest BCUT2D eigenvalue weighted by molar-refractivity contribution is -0.113. The lowest BCUT2D eigenvalue weighted by atomic mass is 10.1. The maximum atomic E-state index is 12.1. The number of rotatable bonds is 4. The third kappa shape index (κ3) is 4.56. The highest BCUT2D eigenvalue weighted by Crippen LogP contribution is 2.31. The van der Waals surface area contributed by atoms with Crippen LogP contribution >= 0.6 is 46.6 Å². The van der Waals surface area contributed by atoms with Crippen LogP contribution in [0.2, 0.25) is 15.1 Å². The molecule has 0 fully saturated rings. The predicted octanol–water partition coefficient (Wildman–Crippen LogP) is 5.99. The molecule has 2 rings (SSSR count). The average Bonchev–Trinajstić information content (AvgIpc) is 2.44. The van der Waals surface area contributed by atoms with E-state index < -0.39 is 0 Å². The van der Waals surface area contributed by atoms with Crippen LogP contribution in [0.25, 0.3) is 0 Å². The van der Waals surface area contributed by atoms with Gasteiger partial charge in [0.15, 0.2) is 0 Å². The monoisotopic (exact) mass is 373 g/mol. The molecule has 0 aliphatic carbocycles. The summed E-state index contributed by atoms with van der Waals surface area (Å²) in [5, 5.41) is 4.54. The number of carbonyl (C=O) groups is 1. The number of nitrogens with one attached hydrogen (secondary N) is 1. The largest absolute Gasteiger partial charge is 0.324 e. The molecule has 0 unspecified atom stereocenters. The fourth-order valence-corrected chi connectivity index (χ4v) is 3.64. The number of amides is 1. The molecule has 0 saturated carbocycles.